The van der Waals surface area contributed by atoms with Crippen molar-refractivity contribution in [1.29, 1.82) is 0 Å². The molecule has 4 rings (SSSR count). The fourth-order valence-electron chi connectivity index (χ4n) is 3.45. The zero-order valence-electron chi connectivity index (χ0n) is 15.3. The van der Waals surface area contributed by atoms with Crippen molar-refractivity contribution in [2.24, 2.45) is 0 Å². The molecule has 3 aromatic rings. The average molecular weight is 463 g/mol. The van der Waals surface area contributed by atoms with E-state index in [1.54, 1.807) is 6.07 Å². The number of halogens is 1. The number of aromatic carboxylic acids is 1. The summed E-state index contributed by atoms with van der Waals surface area (Å²) >= 11 is 4.76. The molecule has 28 heavy (non-hydrogen) atoms. The van der Waals surface area contributed by atoms with Gasteiger partial charge in [-0.15, -0.1) is 11.3 Å². The maximum atomic E-state index is 13.0. The Kier molecular flexibility index (Phi) is 5.27. The molecule has 1 fully saturated rings. The lowest BCUT2D eigenvalue weighted by atomic mass is 10.1. The van der Waals surface area contributed by atoms with Gasteiger partial charge >= 0.3 is 5.97 Å². The third-order valence-electron chi connectivity index (χ3n) is 5.00. The molecule has 6 nitrogen and oxygen atoms in total. The van der Waals surface area contributed by atoms with Crippen molar-refractivity contribution in [2.75, 3.05) is 26.2 Å². The number of carboxylic acids is 1. The summed E-state index contributed by atoms with van der Waals surface area (Å²) in [5.74, 6) is -0.556. The first-order valence-corrected chi connectivity index (χ1v) is 10.6. The largest absolute Gasteiger partial charge is 0.477 e. The van der Waals surface area contributed by atoms with E-state index in [0.29, 0.717) is 30.3 Å². The number of piperazine rings is 1. The molecular formula is C20H19BrN2O4S. The molecule has 0 bridgehead atoms. The number of rotatable bonds is 4. The lowest BCUT2D eigenvalue weighted by Gasteiger charge is -2.34. The molecule has 1 amide bonds. The van der Waals surface area contributed by atoms with E-state index in [1.807, 2.05) is 36.1 Å². The predicted molar refractivity (Wildman–Crippen MR) is 111 cm³/mol. The number of benzene rings is 1. The number of fused-ring (bicyclic) bond motifs is 1. The third kappa shape index (κ3) is 3.72. The first-order valence-electron chi connectivity index (χ1n) is 8.94. The lowest BCUT2D eigenvalue weighted by Crippen LogP contribution is -2.48. The Morgan fingerprint density at radius 2 is 1.93 bits per heavy atom. The second kappa shape index (κ2) is 7.69. The van der Waals surface area contributed by atoms with Gasteiger partial charge in [-0.3, -0.25) is 9.69 Å². The summed E-state index contributed by atoms with van der Waals surface area (Å²) < 4.78 is 6.79. The van der Waals surface area contributed by atoms with Crippen LogP contribution in [0.2, 0.25) is 0 Å². The van der Waals surface area contributed by atoms with Gasteiger partial charge < -0.3 is 14.4 Å². The van der Waals surface area contributed by atoms with Crippen molar-refractivity contribution in [3.8, 4) is 0 Å². The summed E-state index contributed by atoms with van der Waals surface area (Å²) in [5, 5.41) is 9.99. The Labute approximate surface area is 174 Å². The van der Waals surface area contributed by atoms with Crippen molar-refractivity contribution in [3.63, 3.8) is 0 Å². The second-order valence-corrected chi connectivity index (χ2v) is 8.92. The molecule has 1 aromatic carbocycles. The zero-order chi connectivity index (χ0) is 19.8. The number of nitrogens with zero attached hydrogens (tertiary/aromatic N) is 2. The van der Waals surface area contributed by atoms with Gasteiger partial charge in [-0.2, -0.15) is 0 Å². The van der Waals surface area contributed by atoms with E-state index >= 15 is 0 Å². The van der Waals surface area contributed by atoms with Crippen LogP contribution in [-0.4, -0.2) is 53.0 Å². The highest BCUT2D eigenvalue weighted by molar-refractivity contribution is 9.10. The number of carbonyl (C=O) groups excluding carboxylic acids is 1. The summed E-state index contributed by atoms with van der Waals surface area (Å²) in [5.41, 5.74) is 1.58. The van der Waals surface area contributed by atoms with Crippen LogP contribution in [0.1, 0.15) is 30.7 Å². The molecule has 3 heterocycles. The van der Waals surface area contributed by atoms with Gasteiger partial charge in [0.25, 0.3) is 5.91 Å². The number of amides is 1. The van der Waals surface area contributed by atoms with E-state index in [0.717, 1.165) is 39.0 Å². The smallest absolute Gasteiger partial charge is 0.345 e. The first kappa shape index (κ1) is 19.2. The molecule has 0 unspecified atom stereocenters. The van der Waals surface area contributed by atoms with Crippen molar-refractivity contribution >= 4 is 50.1 Å². The average Bonchev–Trinajstić information content (AvgIpc) is 3.27. The van der Waals surface area contributed by atoms with Crippen LogP contribution in [0.4, 0.5) is 0 Å². The number of furan rings is 1. The van der Waals surface area contributed by atoms with E-state index in [4.69, 9.17) is 9.52 Å². The standard InChI is InChI=1S/C20H19BrN2O4S/c1-12-15-10-13(21)2-4-16(15)27-18(12)19(24)23-8-6-22(7-9-23)11-14-3-5-17(28-14)20(25)26/h2-5,10H,6-9,11H2,1H3,(H,25,26). The maximum absolute atomic E-state index is 13.0. The lowest BCUT2D eigenvalue weighted by molar-refractivity contribution is 0.0599. The van der Waals surface area contributed by atoms with Crippen LogP contribution in [0.15, 0.2) is 39.2 Å². The van der Waals surface area contributed by atoms with Gasteiger partial charge in [0.2, 0.25) is 0 Å². The minimum Gasteiger partial charge on any atom is -0.477 e. The Hall–Kier alpha value is -2.16. The molecule has 146 valence electrons. The van der Waals surface area contributed by atoms with Gasteiger partial charge in [-0.1, -0.05) is 15.9 Å². The molecule has 0 aliphatic carbocycles. The van der Waals surface area contributed by atoms with Crippen molar-refractivity contribution in [1.82, 2.24) is 9.80 Å². The third-order valence-corrected chi connectivity index (χ3v) is 6.56. The fourth-order valence-corrected chi connectivity index (χ4v) is 4.70. The topological polar surface area (TPSA) is 74.0 Å². The highest BCUT2D eigenvalue weighted by Crippen LogP contribution is 2.29. The van der Waals surface area contributed by atoms with Gasteiger partial charge in [0.05, 0.1) is 0 Å². The summed E-state index contributed by atoms with van der Waals surface area (Å²) in [7, 11) is 0. The van der Waals surface area contributed by atoms with Gasteiger partial charge in [0.1, 0.15) is 10.5 Å². The van der Waals surface area contributed by atoms with Crippen molar-refractivity contribution < 1.29 is 19.1 Å². The molecule has 1 aliphatic rings. The summed E-state index contributed by atoms with van der Waals surface area (Å²) in [6.07, 6.45) is 0. The molecule has 0 saturated carbocycles. The molecule has 0 radical (unpaired) electrons. The van der Waals surface area contributed by atoms with Gasteiger partial charge in [-0.05, 0) is 37.3 Å². The van der Waals surface area contributed by atoms with Crippen LogP contribution in [0, 0.1) is 6.92 Å². The molecular weight excluding hydrogens is 444 g/mol. The quantitative estimate of drug-likeness (QED) is 0.627. The number of carbonyl (C=O) groups is 2. The van der Waals surface area contributed by atoms with E-state index in [-0.39, 0.29) is 5.91 Å². The number of carboxylic acid groups (broad SMARTS) is 1. The van der Waals surface area contributed by atoms with Crippen LogP contribution in [0.5, 0.6) is 0 Å². The minimum absolute atomic E-state index is 0.0752. The number of hydrogen-bond donors (Lipinski definition) is 1. The predicted octanol–water partition coefficient (Wildman–Crippen LogP) is 4.22. The monoisotopic (exact) mass is 462 g/mol. The van der Waals surface area contributed by atoms with Crippen LogP contribution in [0.3, 0.4) is 0 Å². The molecule has 0 atom stereocenters. The molecule has 0 spiro atoms. The molecule has 1 aliphatic heterocycles. The van der Waals surface area contributed by atoms with E-state index in [9.17, 15) is 9.59 Å². The van der Waals surface area contributed by atoms with Crippen LogP contribution < -0.4 is 0 Å². The Balaban J connectivity index is 1.41. The number of hydrogen-bond acceptors (Lipinski definition) is 5. The van der Waals surface area contributed by atoms with Crippen molar-refractivity contribution in [3.05, 3.63) is 55.9 Å². The fraction of sp³-hybridized carbons (Fsp3) is 0.300. The molecule has 1 N–H and O–H groups in total. The summed E-state index contributed by atoms with van der Waals surface area (Å²) in [6, 6.07) is 9.24. The highest BCUT2D eigenvalue weighted by Gasteiger charge is 2.27. The Morgan fingerprint density at radius 1 is 1.18 bits per heavy atom. The summed E-state index contributed by atoms with van der Waals surface area (Å²) in [6.45, 7) is 5.36. The first-order chi connectivity index (χ1) is 13.4. The Morgan fingerprint density at radius 3 is 2.61 bits per heavy atom. The van der Waals surface area contributed by atoms with Gasteiger partial charge in [0, 0.05) is 53.0 Å². The van der Waals surface area contributed by atoms with Crippen molar-refractivity contribution in [2.45, 2.75) is 13.5 Å². The highest BCUT2D eigenvalue weighted by atomic mass is 79.9. The van der Waals surface area contributed by atoms with E-state index < -0.39 is 5.97 Å². The SMILES string of the molecule is Cc1c(C(=O)N2CCN(Cc3ccc(C(=O)O)s3)CC2)oc2ccc(Br)cc12. The normalized spacial score (nSPS) is 15.3. The van der Waals surface area contributed by atoms with Crippen LogP contribution in [-0.2, 0) is 6.54 Å². The summed E-state index contributed by atoms with van der Waals surface area (Å²) in [4.78, 5) is 29.4. The molecule has 8 heteroatoms. The maximum Gasteiger partial charge on any atom is 0.345 e. The molecule has 1 saturated heterocycles. The van der Waals surface area contributed by atoms with Gasteiger partial charge in [0.15, 0.2) is 5.76 Å². The zero-order valence-corrected chi connectivity index (χ0v) is 17.7. The van der Waals surface area contributed by atoms with E-state index in [1.165, 1.54) is 11.3 Å². The van der Waals surface area contributed by atoms with E-state index in [2.05, 4.69) is 20.8 Å². The second-order valence-electron chi connectivity index (χ2n) is 6.84. The van der Waals surface area contributed by atoms with Crippen LogP contribution >= 0.6 is 27.3 Å². The van der Waals surface area contributed by atoms with Crippen LogP contribution in [0.25, 0.3) is 11.0 Å². The van der Waals surface area contributed by atoms with Gasteiger partial charge in [-0.25, -0.2) is 4.79 Å². The molecule has 2 aromatic heterocycles. The Bertz CT molecular complexity index is 1050. The number of aryl methyl sites for hydroxylation is 1. The number of thiophene rings is 1. The minimum atomic E-state index is -0.889.